The van der Waals surface area contributed by atoms with Crippen molar-refractivity contribution in [2.75, 3.05) is 10.6 Å². The molecule has 2 fully saturated rings. The fraction of sp³-hybridized carbons (Fsp3) is 0.421. The smallest absolute Gasteiger partial charge is 0.233 e. The maximum absolute atomic E-state index is 4.62. The number of rotatable bonds is 7. The van der Waals surface area contributed by atoms with Gasteiger partial charge in [-0.2, -0.15) is 20.1 Å². The summed E-state index contributed by atoms with van der Waals surface area (Å²) in [5.74, 6) is 3.72. The number of aromatic amines is 1. The van der Waals surface area contributed by atoms with E-state index < -0.39 is 0 Å². The molecule has 3 N–H and O–H groups in total. The first-order valence-electron chi connectivity index (χ1n) is 9.50. The third-order valence-electron chi connectivity index (χ3n) is 4.93. The zero-order valence-corrected chi connectivity index (χ0v) is 15.2. The molecule has 2 saturated carbocycles. The van der Waals surface area contributed by atoms with Crippen molar-refractivity contribution in [3.05, 3.63) is 47.7 Å². The molecule has 2 aliphatic carbocycles. The van der Waals surface area contributed by atoms with Gasteiger partial charge in [-0.3, -0.25) is 10.1 Å². The Morgan fingerprint density at radius 2 is 1.85 bits per heavy atom. The van der Waals surface area contributed by atoms with E-state index in [4.69, 9.17) is 0 Å². The SMILES string of the molecule is CC(Nc1nc(Nc2cc(C3CC3)[nH]n2)nc(C2CC2)n1)c1ccccn1. The number of nitrogens with zero attached hydrogens (tertiary/aromatic N) is 5. The highest BCUT2D eigenvalue weighted by Gasteiger charge is 2.29. The second kappa shape index (κ2) is 6.61. The molecule has 3 aromatic rings. The van der Waals surface area contributed by atoms with Crippen LogP contribution in [0.4, 0.5) is 17.7 Å². The zero-order valence-electron chi connectivity index (χ0n) is 15.2. The largest absolute Gasteiger partial charge is 0.346 e. The van der Waals surface area contributed by atoms with Gasteiger partial charge in [-0.15, -0.1) is 0 Å². The minimum Gasteiger partial charge on any atom is -0.346 e. The third-order valence-corrected chi connectivity index (χ3v) is 4.93. The molecule has 0 saturated heterocycles. The van der Waals surface area contributed by atoms with Crippen LogP contribution in [-0.4, -0.2) is 30.1 Å². The number of H-pyrrole nitrogens is 1. The predicted molar refractivity (Wildman–Crippen MR) is 102 cm³/mol. The van der Waals surface area contributed by atoms with Crippen LogP contribution in [0.15, 0.2) is 30.5 Å². The fourth-order valence-electron chi connectivity index (χ4n) is 3.06. The Labute approximate surface area is 157 Å². The average Bonchev–Trinajstić information content (AvgIpc) is 3.61. The maximum atomic E-state index is 4.62. The van der Waals surface area contributed by atoms with Gasteiger partial charge in [0.05, 0.1) is 11.7 Å². The van der Waals surface area contributed by atoms with Gasteiger partial charge in [-0.25, -0.2) is 0 Å². The summed E-state index contributed by atoms with van der Waals surface area (Å²) in [7, 11) is 0. The van der Waals surface area contributed by atoms with Crippen molar-refractivity contribution in [3.63, 3.8) is 0 Å². The van der Waals surface area contributed by atoms with E-state index in [-0.39, 0.29) is 6.04 Å². The molecule has 3 heterocycles. The van der Waals surface area contributed by atoms with Crippen LogP contribution in [0.2, 0.25) is 0 Å². The molecule has 0 amide bonds. The summed E-state index contributed by atoms with van der Waals surface area (Å²) in [4.78, 5) is 18.2. The number of nitrogens with one attached hydrogen (secondary N) is 3. The monoisotopic (exact) mass is 362 g/mol. The van der Waals surface area contributed by atoms with E-state index >= 15 is 0 Å². The van der Waals surface area contributed by atoms with Crippen molar-refractivity contribution < 1.29 is 0 Å². The fourth-order valence-corrected chi connectivity index (χ4v) is 3.06. The van der Waals surface area contributed by atoms with E-state index in [0.717, 1.165) is 30.2 Å². The molecule has 0 aromatic carbocycles. The second-order valence-corrected chi connectivity index (χ2v) is 7.34. The lowest BCUT2D eigenvalue weighted by Crippen LogP contribution is -2.13. The summed E-state index contributed by atoms with van der Waals surface area (Å²) in [6.45, 7) is 2.05. The summed E-state index contributed by atoms with van der Waals surface area (Å²) in [6.07, 6.45) is 6.52. The zero-order chi connectivity index (χ0) is 18.2. The number of pyridine rings is 1. The Bertz CT molecular complexity index is 930. The van der Waals surface area contributed by atoms with E-state index in [0.29, 0.717) is 23.7 Å². The Hall–Kier alpha value is -3.03. The maximum Gasteiger partial charge on any atom is 0.233 e. The van der Waals surface area contributed by atoms with Crippen molar-refractivity contribution in [2.24, 2.45) is 0 Å². The minimum absolute atomic E-state index is 0.000330. The Morgan fingerprint density at radius 3 is 2.59 bits per heavy atom. The lowest BCUT2D eigenvalue weighted by Gasteiger charge is -2.14. The molecule has 138 valence electrons. The molecule has 5 rings (SSSR count). The Kier molecular flexibility index (Phi) is 3.95. The first kappa shape index (κ1) is 16.2. The molecular formula is C19H22N8. The summed E-state index contributed by atoms with van der Waals surface area (Å²) in [5, 5.41) is 14.0. The summed E-state index contributed by atoms with van der Waals surface area (Å²) in [5.41, 5.74) is 2.12. The van der Waals surface area contributed by atoms with Crippen LogP contribution in [0.5, 0.6) is 0 Å². The summed E-state index contributed by atoms with van der Waals surface area (Å²) < 4.78 is 0. The first-order chi connectivity index (χ1) is 13.2. The van der Waals surface area contributed by atoms with Crippen LogP contribution in [0.25, 0.3) is 0 Å². The third kappa shape index (κ3) is 3.74. The van der Waals surface area contributed by atoms with Gasteiger partial charge in [0.2, 0.25) is 11.9 Å². The normalized spacial score (nSPS) is 17.5. The van der Waals surface area contributed by atoms with Crippen molar-refractivity contribution in [1.82, 2.24) is 30.1 Å². The number of anilines is 3. The van der Waals surface area contributed by atoms with Gasteiger partial charge in [0.25, 0.3) is 0 Å². The molecule has 2 aliphatic rings. The van der Waals surface area contributed by atoms with Crippen LogP contribution in [0.1, 0.15) is 67.7 Å². The van der Waals surface area contributed by atoms with E-state index in [1.54, 1.807) is 6.20 Å². The van der Waals surface area contributed by atoms with Crippen LogP contribution < -0.4 is 10.6 Å². The standard InChI is InChI=1S/C19H22N8/c1-11(14-4-2-3-9-20-14)21-18-23-17(13-7-8-13)24-19(25-18)22-16-10-15(26-27-16)12-5-6-12/h2-4,9-13H,5-8H2,1H3,(H3,21,22,23,24,25,26,27). The summed E-state index contributed by atoms with van der Waals surface area (Å²) >= 11 is 0. The lowest BCUT2D eigenvalue weighted by molar-refractivity contribution is 0.804. The number of hydrogen-bond acceptors (Lipinski definition) is 7. The van der Waals surface area contributed by atoms with E-state index in [1.165, 1.54) is 18.5 Å². The average molecular weight is 362 g/mol. The van der Waals surface area contributed by atoms with Gasteiger partial charge in [0, 0.05) is 29.8 Å². The van der Waals surface area contributed by atoms with Gasteiger partial charge >= 0.3 is 0 Å². The molecule has 3 aromatic heterocycles. The van der Waals surface area contributed by atoms with E-state index in [9.17, 15) is 0 Å². The van der Waals surface area contributed by atoms with E-state index in [2.05, 4.69) is 40.8 Å². The van der Waals surface area contributed by atoms with Crippen molar-refractivity contribution in [2.45, 2.75) is 50.5 Å². The summed E-state index contributed by atoms with van der Waals surface area (Å²) in [6, 6.07) is 7.92. The highest BCUT2D eigenvalue weighted by molar-refractivity contribution is 5.50. The highest BCUT2D eigenvalue weighted by Crippen LogP contribution is 2.40. The Morgan fingerprint density at radius 1 is 1.04 bits per heavy atom. The van der Waals surface area contributed by atoms with Crippen molar-refractivity contribution in [3.8, 4) is 0 Å². The molecule has 0 aliphatic heterocycles. The second-order valence-electron chi connectivity index (χ2n) is 7.34. The number of hydrogen-bond donors (Lipinski definition) is 3. The highest BCUT2D eigenvalue weighted by atomic mass is 15.3. The van der Waals surface area contributed by atoms with Crippen molar-refractivity contribution in [1.29, 1.82) is 0 Å². The van der Waals surface area contributed by atoms with Gasteiger partial charge < -0.3 is 10.6 Å². The minimum atomic E-state index is 0.000330. The van der Waals surface area contributed by atoms with Crippen LogP contribution >= 0.6 is 0 Å². The molecule has 0 bridgehead atoms. The molecule has 0 radical (unpaired) electrons. The topological polar surface area (TPSA) is 104 Å². The lowest BCUT2D eigenvalue weighted by atomic mass is 10.2. The predicted octanol–water partition coefficient (Wildman–Crippen LogP) is 3.66. The molecule has 1 atom stereocenters. The first-order valence-corrected chi connectivity index (χ1v) is 9.50. The van der Waals surface area contributed by atoms with Crippen LogP contribution in [0, 0.1) is 0 Å². The van der Waals surface area contributed by atoms with E-state index in [1.807, 2.05) is 31.2 Å². The molecule has 8 heteroatoms. The molecule has 27 heavy (non-hydrogen) atoms. The van der Waals surface area contributed by atoms with Gasteiger partial charge in [-0.05, 0) is 44.7 Å². The number of aromatic nitrogens is 6. The van der Waals surface area contributed by atoms with Crippen molar-refractivity contribution >= 4 is 17.7 Å². The van der Waals surface area contributed by atoms with Gasteiger partial charge in [-0.1, -0.05) is 6.07 Å². The molecule has 1 unspecified atom stereocenters. The van der Waals surface area contributed by atoms with Crippen LogP contribution in [0.3, 0.4) is 0 Å². The van der Waals surface area contributed by atoms with Gasteiger partial charge in [0.1, 0.15) is 5.82 Å². The van der Waals surface area contributed by atoms with Gasteiger partial charge in [0.15, 0.2) is 5.82 Å². The van der Waals surface area contributed by atoms with Crippen LogP contribution in [-0.2, 0) is 0 Å². The molecular weight excluding hydrogens is 340 g/mol. The Balaban J connectivity index is 1.37. The quantitative estimate of drug-likeness (QED) is 0.589. The molecule has 8 nitrogen and oxygen atoms in total. The molecule has 0 spiro atoms.